The molecule has 2 heterocycles. The van der Waals surface area contributed by atoms with E-state index < -0.39 is 0 Å². The number of hydrogen-bond acceptors (Lipinski definition) is 3. The highest BCUT2D eigenvalue weighted by Gasteiger charge is 2.13. The zero-order chi connectivity index (χ0) is 23.5. The van der Waals surface area contributed by atoms with Gasteiger partial charge in [-0.05, 0) is 88.9 Å². The molecule has 0 radical (unpaired) electrons. The molecule has 1 aliphatic rings. The quantitative estimate of drug-likeness (QED) is 0.273. The van der Waals surface area contributed by atoms with Crippen LogP contribution in [0.2, 0.25) is 0 Å². The third kappa shape index (κ3) is 4.47. The summed E-state index contributed by atoms with van der Waals surface area (Å²) >= 11 is 0. The van der Waals surface area contributed by atoms with Crippen LogP contribution in [0.4, 0.5) is 5.82 Å². The molecule has 0 saturated carbocycles. The van der Waals surface area contributed by atoms with E-state index in [4.69, 9.17) is 0 Å². The van der Waals surface area contributed by atoms with Crippen LogP contribution < -0.4 is 5.32 Å². The van der Waals surface area contributed by atoms with E-state index in [9.17, 15) is 0 Å². The Morgan fingerprint density at radius 1 is 0.771 bits per heavy atom. The molecular weight excluding hydrogens is 428 g/mol. The lowest BCUT2D eigenvalue weighted by Gasteiger charge is -2.14. The van der Waals surface area contributed by atoms with Gasteiger partial charge in [0.15, 0.2) is 5.82 Å². The van der Waals surface area contributed by atoms with Crippen molar-refractivity contribution in [1.29, 1.82) is 0 Å². The van der Waals surface area contributed by atoms with Crippen molar-refractivity contribution in [3.05, 3.63) is 108 Å². The number of H-pyrrole nitrogens is 1. The van der Waals surface area contributed by atoms with Gasteiger partial charge in [-0.3, -0.25) is 10.1 Å². The highest BCUT2D eigenvalue weighted by atomic mass is 15.2. The Bertz CT molecular complexity index is 1480. The molecule has 0 atom stereocenters. The third-order valence-corrected chi connectivity index (χ3v) is 6.85. The largest absolute Gasteiger partial charge is 0.364 e. The average Bonchev–Trinajstić information content (AvgIpc) is 3.36. The number of benzene rings is 3. The maximum absolute atomic E-state index is 4.61. The fourth-order valence-electron chi connectivity index (χ4n) is 5.00. The Morgan fingerprint density at radius 2 is 1.60 bits per heavy atom. The monoisotopic (exact) mass is 456 g/mol. The van der Waals surface area contributed by atoms with E-state index >= 15 is 0 Å². The second kappa shape index (κ2) is 9.59. The summed E-state index contributed by atoms with van der Waals surface area (Å²) in [6.45, 7) is 0.695. The van der Waals surface area contributed by atoms with Crippen molar-refractivity contribution in [3.8, 4) is 22.3 Å². The molecule has 1 aliphatic carbocycles. The minimum absolute atomic E-state index is 0.695. The van der Waals surface area contributed by atoms with Crippen LogP contribution in [-0.2, 0) is 6.54 Å². The van der Waals surface area contributed by atoms with E-state index in [1.807, 2.05) is 24.5 Å². The number of hydrogen-bond donors (Lipinski definition) is 2. The molecule has 4 heteroatoms. The van der Waals surface area contributed by atoms with Crippen molar-refractivity contribution in [2.75, 3.05) is 5.32 Å². The highest BCUT2D eigenvalue weighted by molar-refractivity contribution is 6.02. The molecule has 0 amide bonds. The lowest BCUT2D eigenvalue weighted by atomic mass is 9.92. The fraction of sp³-hybridized carbons (Fsp3) is 0.161. The van der Waals surface area contributed by atoms with Crippen LogP contribution in [0.15, 0.2) is 97.3 Å². The Hall–Kier alpha value is -4.18. The van der Waals surface area contributed by atoms with Crippen LogP contribution in [0.1, 0.15) is 36.8 Å². The summed E-state index contributed by atoms with van der Waals surface area (Å²) in [7, 11) is 0. The summed E-state index contributed by atoms with van der Waals surface area (Å²) in [4.78, 5) is 4.13. The third-order valence-electron chi connectivity index (χ3n) is 6.85. The van der Waals surface area contributed by atoms with Gasteiger partial charge in [-0.2, -0.15) is 5.10 Å². The van der Waals surface area contributed by atoms with Crippen molar-refractivity contribution in [2.24, 2.45) is 0 Å². The lowest BCUT2D eigenvalue weighted by Crippen LogP contribution is -2.00. The summed E-state index contributed by atoms with van der Waals surface area (Å²) in [5.74, 6) is 0.879. The summed E-state index contributed by atoms with van der Waals surface area (Å²) in [5, 5.41) is 12.5. The molecule has 2 aromatic heterocycles. The Balaban J connectivity index is 1.27. The van der Waals surface area contributed by atoms with Gasteiger partial charge in [0.25, 0.3) is 0 Å². The number of aromatic amines is 1. The summed E-state index contributed by atoms with van der Waals surface area (Å²) in [6.07, 6.45) is 11.1. The molecule has 2 N–H and O–H groups in total. The Labute approximate surface area is 205 Å². The van der Waals surface area contributed by atoms with E-state index in [2.05, 4.69) is 93.3 Å². The van der Waals surface area contributed by atoms with Gasteiger partial charge in [-0.1, -0.05) is 60.7 Å². The van der Waals surface area contributed by atoms with Crippen LogP contribution in [0.3, 0.4) is 0 Å². The number of nitrogens with one attached hydrogen (secondary N) is 2. The minimum atomic E-state index is 0.695. The van der Waals surface area contributed by atoms with Crippen LogP contribution in [0.25, 0.3) is 38.7 Å². The molecule has 172 valence electrons. The highest BCUT2D eigenvalue weighted by Crippen LogP contribution is 2.34. The predicted molar refractivity (Wildman–Crippen MR) is 145 cm³/mol. The average molecular weight is 457 g/mol. The van der Waals surface area contributed by atoms with E-state index in [1.165, 1.54) is 64.6 Å². The minimum Gasteiger partial charge on any atom is -0.364 e. The maximum atomic E-state index is 4.61. The molecule has 0 bridgehead atoms. The molecule has 35 heavy (non-hydrogen) atoms. The van der Waals surface area contributed by atoms with E-state index in [-0.39, 0.29) is 0 Å². The van der Waals surface area contributed by atoms with Crippen molar-refractivity contribution < 1.29 is 0 Å². The number of nitrogens with zero attached hydrogens (tertiary/aromatic N) is 2. The molecule has 0 saturated heterocycles. The first kappa shape index (κ1) is 21.4. The lowest BCUT2D eigenvalue weighted by molar-refractivity contribution is 0.742. The van der Waals surface area contributed by atoms with Gasteiger partial charge in [0.05, 0.1) is 10.9 Å². The topological polar surface area (TPSA) is 53.6 Å². The number of fused-ring (bicyclic) bond motifs is 1. The second-order valence-electron chi connectivity index (χ2n) is 9.14. The molecule has 3 aromatic carbocycles. The smallest absolute Gasteiger partial charge is 0.156 e. The van der Waals surface area contributed by atoms with Crippen LogP contribution in [-0.4, -0.2) is 15.2 Å². The summed E-state index contributed by atoms with van der Waals surface area (Å²) in [6, 6.07) is 28.1. The summed E-state index contributed by atoms with van der Waals surface area (Å²) in [5.41, 5.74) is 9.83. The van der Waals surface area contributed by atoms with Crippen LogP contribution >= 0.6 is 0 Å². The molecule has 0 spiro atoms. The normalized spacial score (nSPS) is 13.5. The van der Waals surface area contributed by atoms with Gasteiger partial charge in [0.1, 0.15) is 0 Å². The van der Waals surface area contributed by atoms with Gasteiger partial charge >= 0.3 is 0 Å². The van der Waals surface area contributed by atoms with Crippen molar-refractivity contribution >= 4 is 22.3 Å². The van der Waals surface area contributed by atoms with E-state index in [0.717, 1.165) is 16.7 Å². The number of rotatable bonds is 6. The van der Waals surface area contributed by atoms with E-state index in [0.29, 0.717) is 6.54 Å². The molecule has 0 unspecified atom stereocenters. The SMILES string of the molecule is C1=C(c2ccc(-c3cccc4[nH]nc(NCc5cccc(-c6ccncc6)c5)c34)cc2)CCCC1. The fourth-order valence-corrected chi connectivity index (χ4v) is 5.00. The first-order valence-electron chi connectivity index (χ1n) is 12.4. The Kier molecular flexibility index (Phi) is 5.85. The van der Waals surface area contributed by atoms with Crippen molar-refractivity contribution in [3.63, 3.8) is 0 Å². The first-order valence-corrected chi connectivity index (χ1v) is 12.4. The number of pyridine rings is 1. The first-order chi connectivity index (χ1) is 17.3. The number of anilines is 1. The number of allylic oxidation sites excluding steroid dienone is 2. The number of aromatic nitrogens is 3. The summed E-state index contributed by atoms with van der Waals surface area (Å²) < 4.78 is 0. The van der Waals surface area contributed by atoms with Gasteiger partial charge in [0, 0.05) is 18.9 Å². The zero-order valence-corrected chi connectivity index (χ0v) is 19.7. The second-order valence-corrected chi connectivity index (χ2v) is 9.14. The van der Waals surface area contributed by atoms with E-state index in [1.54, 1.807) is 0 Å². The van der Waals surface area contributed by atoms with Crippen molar-refractivity contribution in [1.82, 2.24) is 15.2 Å². The molecule has 0 fully saturated rings. The van der Waals surface area contributed by atoms with Crippen LogP contribution in [0, 0.1) is 0 Å². The maximum Gasteiger partial charge on any atom is 0.156 e. The Morgan fingerprint density at radius 3 is 2.43 bits per heavy atom. The zero-order valence-electron chi connectivity index (χ0n) is 19.7. The predicted octanol–water partition coefficient (Wildman–Crippen LogP) is 7.86. The standard InChI is InChI=1S/C31H28N4/c1-2-7-23(8-3-1)24-12-14-26(15-13-24)28-10-5-11-29-30(28)31(35-34-29)33-21-22-6-4-9-27(20-22)25-16-18-32-19-17-25/h4-7,9-20H,1-3,8,21H2,(H2,33,34,35). The van der Waals surface area contributed by atoms with Gasteiger partial charge in [-0.15, -0.1) is 0 Å². The molecule has 4 nitrogen and oxygen atoms in total. The van der Waals surface area contributed by atoms with Gasteiger partial charge in [-0.25, -0.2) is 0 Å². The van der Waals surface area contributed by atoms with Crippen molar-refractivity contribution in [2.45, 2.75) is 32.2 Å². The van der Waals surface area contributed by atoms with Gasteiger partial charge < -0.3 is 5.32 Å². The molecule has 5 aromatic rings. The molecular formula is C31H28N4. The van der Waals surface area contributed by atoms with Gasteiger partial charge in [0.2, 0.25) is 0 Å². The van der Waals surface area contributed by atoms with Crippen LogP contribution in [0.5, 0.6) is 0 Å². The molecule has 6 rings (SSSR count). The molecule has 0 aliphatic heterocycles.